The fourth-order valence-corrected chi connectivity index (χ4v) is 4.77. The highest BCUT2D eigenvalue weighted by Gasteiger charge is 2.48. The molecule has 0 aliphatic carbocycles. The molecule has 0 spiro atoms. The van der Waals surface area contributed by atoms with Crippen LogP contribution in [0.3, 0.4) is 0 Å². The summed E-state index contributed by atoms with van der Waals surface area (Å²) < 4.78 is 31.4. The number of rotatable bonds is 13. The van der Waals surface area contributed by atoms with Crippen LogP contribution >= 0.6 is 0 Å². The van der Waals surface area contributed by atoms with Crippen molar-refractivity contribution in [2.24, 2.45) is 0 Å². The molecule has 4 aromatic rings. The Bertz CT molecular complexity index is 1240. The molecular formula is C34H36O6. The maximum Gasteiger partial charge on any atom is 0.184 e. The first-order chi connectivity index (χ1) is 19.8. The van der Waals surface area contributed by atoms with Crippen LogP contribution in [0.5, 0.6) is 0 Å². The first-order valence-corrected chi connectivity index (χ1v) is 13.7. The summed E-state index contributed by atoms with van der Waals surface area (Å²) in [6.45, 7) is 1.65. The third-order valence-electron chi connectivity index (χ3n) is 6.86. The van der Waals surface area contributed by atoms with Gasteiger partial charge >= 0.3 is 0 Å². The van der Waals surface area contributed by atoms with Crippen molar-refractivity contribution < 1.29 is 28.8 Å². The molecule has 6 nitrogen and oxygen atoms in total. The summed E-state index contributed by atoms with van der Waals surface area (Å²) in [6, 6.07) is 39.7. The Morgan fingerprint density at radius 3 is 1.30 bits per heavy atom. The molecule has 1 saturated heterocycles. The number of aliphatic hydroxyl groups excluding tert-OH is 1. The smallest absolute Gasteiger partial charge is 0.184 e. The van der Waals surface area contributed by atoms with Crippen LogP contribution in [0.2, 0.25) is 0 Å². The van der Waals surface area contributed by atoms with Gasteiger partial charge in [-0.2, -0.15) is 0 Å². The summed E-state index contributed by atoms with van der Waals surface area (Å²) in [5.74, 6) is 0. The average molecular weight is 541 g/mol. The van der Waals surface area contributed by atoms with E-state index < -0.39 is 30.7 Å². The zero-order valence-corrected chi connectivity index (χ0v) is 22.5. The number of hydrogen-bond acceptors (Lipinski definition) is 6. The first-order valence-electron chi connectivity index (χ1n) is 13.7. The van der Waals surface area contributed by atoms with Crippen LogP contribution in [0.15, 0.2) is 121 Å². The summed E-state index contributed by atoms with van der Waals surface area (Å²) in [4.78, 5) is 0. The molecule has 0 bridgehead atoms. The summed E-state index contributed by atoms with van der Waals surface area (Å²) in [6.07, 6.45) is -3.72. The molecule has 4 aromatic carbocycles. The predicted octanol–water partition coefficient (Wildman–Crippen LogP) is 5.68. The molecule has 0 aromatic heterocycles. The van der Waals surface area contributed by atoms with E-state index in [1.165, 1.54) is 0 Å². The molecule has 40 heavy (non-hydrogen) atoms. The van der Waals surface area contributed by atoms with Crippen LogP contribution in [0, 0.1) is 0 Å². The molecule has 0 unspecified atom stereocenters. The van der Waals surface area contributed by atoms with Crippen molar-refractivity contribution in [3.05, 3.63) is 144 Å². The van der Waals surface area contributed by atoms with Gasteiger partial charge in [0.15, 0.2) is 6.29 Å². The first kappa shape index (κ1) is 28.2. The maximum atomic E-state index is 11.2. The van der Waals surface area contributed by atoms with Crippen molar-refractivity contribution >= 4 is 0 Å². The molecule has 5 atom stereocenters. The van der Waals surface area contributed by atoms with E-state index in [1.54, 1.807) is 0 Å². The molecule has 0 radical (unpaired) electrons. The summed E-state index contributed by atoms with van der Waals surface area (Å²) >= 11 is 0. The van der Waals surface area contributed by atoms with E-state index in [0.29, 0.717) is 26.4 Å². The molecule has 6 heteroatoms. The van der Waals surface area contributed by atoms with Gasteiger partial charge in [0.1, 0.15) is 24.4 Å². The van der Waals surface area contributed by atoms with Gasteiger partial charge < -0.3 is 28.8 Å². The lowest BCUT2D eigenvalue weighted by Crippen LogP contribution is -2.61. The van der Waals surface area contributed by atoms with Gasteiger partial charge in [-0.1, -0.05) is 121 Å². The average Bonchev–Trinajstić information content (AvgIpc) is 3.01. The van der Waals surface area contributed by atoms with Gasteiger partial charge in [-0.3, -0.25) is 0 Å². The normalized spacial score (nSPS) is 22.7. The highest BCUT2D eigenvalue weighted by molar-refractivity contribution is 5.16. The fraction of sp³-hybridized carbons (Fsp3) is 0.294. The van der Waals surface area contributed by atoms with E-state index in [0.717, 1.165) is 22.3 Å². The van der Waals surface area contributed by atoms with Crippen molar-refractivity contribution in [3.8, 4) is 0 Å². The van der Waals surface area contributed by atoms with Crippen LogP contribution < -0.4 is 0 Å². The minimum atomic E-state index is -1.22. The molecule has 1 fully saturated rings. The third kappa shape index (κ3) is 8.08. The fourth-order valence-electron chi connectivity index (χ4n) is 4.77. The van der Waals surface area contributed by atoms with Crippen LogP contribution in [0.25, 0.3) is 0 Å². The summed E-state index contributed by atoms with van der Waals surface area (Å²) in [7, 11) is 0. The second-order valence-corrected chi connectivity index (χ2v) is 9.85. The van der Waals surface area contributed by atoms with E-state index in [-0.39, 0.29) is 6.61 Å². The topological polar surface area (TPSA) is 66.4 Å². The third-order valence-corrected chi connectivity index (χ3v) is 6.86. The SMILES string of the molecule is O[C@H]1O[C@H](COCc2ccccc2)[C@@H](OCc2ccccc2)[C@@H](OCc2ccccc2)[C@@H]1OCc1ccccc1. The Kier molecular flexibility index (Phi) is 10.5. The Morgan fingerprint density at radius 2 is 0.850 bits per heavy atom. The molecule has 5 rings (SSSR count). The van der Waals surface area contributed by atoms with Gasteiger partial charge in [0.25, 0.3) is 0 Å². The molecule has 0 amide bonds. The molecule has 208 valence electrons. The number of aliphatic hydroxyl groups is 1. The molecule has 0 saturated carbocycles. The lowest BCUT2D eigenvalue weighted by Gasteiger charge is -2.44. The van der Waals surface area contributed by atoms with Gasteiger partial charge in [-0.05, 0) is 22.3 Å². The van der Waals surface area contributed by atoms with Crippen LogP contribution in [-0.2, 0) is 50.1 Å². The van der Waals surface area contributed by atoms with Crippen molar-refractivity contribution in [2.75, 3.05) is 6.61 Å². The molecule has 1 heterocycles. The highest BCUT2D eigenvalue weighted by Crippen LogP contribution is 2.30. The van der Waals surface area contributed by atoms with E-state index >= 15 is 0 Å². The number of hydrogen-bond donors (Lipinski definition) is 1. The van der Waals surface area contributed by atoms with E-state index in [1.807, 2.05) is 121 Å². The zero-order valence-electron chi connectivity index (χ0n) is 22.5. The summed E-state index contributed by atoms with van der Waals surface area (Å²) in [5.41, 5.74) is 4.10. The van der Waals surface area contributed by atoms with Crippen molar-refractivity contribution in [1.29, 1.82) is 0 Å². The lowest BCUT2D eigenvalue weighted by atomic mass is 9.98. The van der Waals surface area contributed by atoms with Crippen molar-refractivity contribution in [3.63, 3.8) is 0 Å². The van der Waals surface area contributed by atoms with Gasteiger partial charge in [-0.25, -0.2) is 0 Å². The Morgan fingerprint density at radius 1 is 0.475 bits per heavy atom. The van der Waals surface area contributed by atoms with Gasteiger partial charge in [0, 0.05) is 0 Å². The molecule has 1 aliphatic heterocycles. The van der Waals surface area contributed by atoms with Crippen molar-refractivity contribution in [1.82, 2.24) is 0 Å². The minimum absolute atomic E-state index is 0.224. The van der Waals surface area contributed by atoms with Crippen LogP contribution in [-0.4, -0.2) is 42.4 Å². The summed E-state index contributed by atoms with van der Waals surface area (Å²) in [5, 5.41) is 11.2. The Labute approximate surface area is 236 Å². The monoisotopic (exact) mass is 540 g/mol. The largest absolute Gasteiger partial charge is 0.374 e. The van der Waals surface area contributed by atoms with Gasteiger partial charge in [-0.15, -0.1) is 0 Å². The standard InChI is InChI=1S/C34H36O6/c35-34-33(39-24-29-19-11-4-12-20-29)32(38-23-28-17-9-3-10-18-28)31(37-22-27-15-7-2-8-16-27)30(40-34)25-36-21-26-13-5-1-6-14-26/h1-20,30-35H,21-25H2/t30-,31-,32-,33+,34+/m1/s1. The lowest BCUT2D eigenvalue weighted by molar-refractivity contribution is -0.317. The quantitative estimate of drug-likeness (QED) is 0.236. The molecule has 1 N–H and O–H groups in total. The van der Waals surface area contributed by atoms with Crippen molar-refractivity contribution in [2.45, 2.75) is 57.1 Å². The molecule has 1 aliphatic rings. The van der Waals surface area contributed by atoms with Gasteiger partial charge in [0.05, 0.1) is 33.0 Å². The minimum Gasteiger partial charge on any atom is -0.374 e. The second kappa shape index (κ2) is 14.9. The van der Waals surface area contributed by atoms with Crippen LogP contribution in [0.4, 0.5) is 0 Å². The molecular weight excluding hydrogens is 504 g/mol. The van der Waals surface area contributed by atoms with Gasteiger partial charge in [0.2, 0.25) is 0 Å². The second-order valence-electron chi connectivity index (χ2n) is 9.85. The van der Waals surface area contributed by atoms with Crippen LogP contribution in [0.1, 0.15) is 22.3 Å². The Balaban J connectivity index is 1.36. The van der Waals surface area contributed by atoms with E-state index in [2.05, 4.69) is 0 Å². The van der Waals surface area contributed by atoms with E-state index in [9.17, 15) is 5.11 Å². The van der Waals surface area contributed by atoms with E-state index in [4.69, 9.17) is 23.7 Å². The zero-order chi connectivity index (χ0) is 27.4. The highest BCUT2D eigenvalue weighted by atomic mass is 16.7. The Hall–Kier alpha value is -3.36. The predicted molar refractivity (Wildman–Crippen MR) is 152 cm³/mol. The number of ether oxygens (including phenoxy) is 5. The maximum absolute atomic E-state index is 11.2. The number of benzene rings is 4.